The summed E-state index contributed by atoms with van der Waals surface area (Å²) in [5.41, 5.74) is 1.72. The van der Waals surface area contributed by atoms with E-state index in [1.54, 1.807) is 17.9 Å². The van der Waals surface area contributed by atoms with Crippen molar-refractivity contribution in [1.82, 2.24) is 15.0 Å². The second-order valence-electron chi connectivity index (χ2n) is 5.49. The number of aromatic nitrogens is 1. The molecule has 2 aromatic rings. The Labute approximate surface area is 135 Å². The van der Waals surface area contributed by atoms with Crippen molar-refractivity contribution in [2.24, 2.45) is 0 Å². The highest BCUT2D eigenvalue weighted by Gasteiger charge is 2.20. The minimum absolute atomic E-state index is 0.155. The van der Waals surface area contributed by atoms with Gasteiger partial charge in [0.15, 0.2) is 0 Å². The maximum Gasteiger partial charge on any atom is 0.292 e. The molecule has 0 fully saturated rings. The van der Waals surface area contributed by atoms with Crippen LogP contribution in [0.1, 0.15) is 21.8 Å². The molecule has 2 rings (SSSR count). The van der Waals surface area contributed by atoms with E-state index in [9.17, 15) is 4.79 Å². The quantitative estimate of drug-likeness (QED) is 0.821. The van der Waals surface area contributed by atoms with E-state index < -0.39 is 0 Å². The van der Waals surface area contributed by atoms with Crippen molar-refractivity contribution < 1.29 is 9.32 Å². The SMILES string of the molecule is Cc1cc(C(=O)N(CCN(C)C)Cc2ccc(Cl)cc2)on1. The second kappa shape index (κ2) is 7.42. The zero-order chi connectivity index (χ0) is 16.1. The van der Waals surface area contributed by atoms with Crippen molar-refractivity contribution in [2.75, 3.05) is 27.2 Å². The number of hydrogen-bond acceptors (Lipinski definition) is 4. The summed E-state index contributed by atoms with van der Waals surface area (Å²) >= 11 is 5.90. The summed E-state index contributed by atoms with van der Waals surface area (Å²) in [6.45, 7) is 3.67. The van der Waals surface area contributed by atoms with E-state index in [0.717, 1.165) is 12.1 Å². The number of amides is 1. The number of nitrogens with zero attached hydrogens (tertiary/aromatic N) is 3. The number of aryl methyl sites for hydroxylation is 1. The van der Waals surface area contributed by atoms with Crippen LogP contribution in [0.5, 0.6) is 0 Å². The van der Waals surface area contributed by atoms with Gasteiger partial charge in [0.25, 0.3) is 5.91 Å². The summed E-state index contributed by atoms with van der Waals surface area (Å²) in [7, 11) is 3.95. The van der Waals surface area contributed by atoms with Crippen LogP contribution in [-0.2, 0) is 6.54 Å². The largest absolute Gasteiger partial charge is 0.351 e. The highest BCUT2D eigenvalue weighted by molar-refractivity contribution is 6.30. The van der Waals surface area contributed by atoms with Crippen LogP contribution in [0.25, 0.3) is 0 Å². The summed E-state index contributed by atoms with van der Waals surface area (Å²) < 4.78 is 5.09. The number of benzene rings is 1. The van der Waals surface area contributed by atoms with Gasteiger partial charge < -0.3 is 14.3 Å². The molecule has 1 heterocycles. The zero-order valence-corrected chi connectivity index (χ0v) is 13.8. The minimum atomic E-state index is -0.155. The van der Waals surface area contributed by atoms with Crippen LogP contribution in [0.2, 0.25) is 5.02 Å². The van der Waals surface area contributed by atoms with Crippen LogP contribution < -0.4 is 0 Å². The molecule has 0 aliphatic carbocycles. The first kappa shape index (κ1) is 16.5. The number of hydrogen-bond donors (Lipinski definition) is 0. The lowest BCUT2D eigenvalue weighted by Crippen LogP contribution is -2.36. The maximum absolute atomic E-state index is 12.6. The number of carbonyl (C=O) groups is 1. The predicted octanol–water partition coefficient (Wildman–Crippen LogP) is 2.84. The van der Waals surface area contributed by atoms with Gasteiger partial charge in [-0.1, -0.05) is 28.9 Å². The Hall–Kier alpha value is -1.85. The molecule has 0 bridgehead atoms. The average Bonchev–Trinajstić information content (AvgIpc) is 2.91. The molecule has 0 unspecified atom stereocenters. The molecule has 1 aromatic heterocycles. The molecule has 118 valence electrons. The summed E-state index contributed by atoms with van der Waals surface area (Å²) in [6.07, 6.45) is 0. The highest BCUT2D eigenvalue weighted by Crippen LogP contribution is 2.14. The molecule has 0 N–H and O–H groups in total. The molecule has 1 amide bonds. The Morgan fingerprint density at radius 3 is 2.45 bits per heavy atom. The Morgan fingerprint density at radius 2 is 1.91 bits per heavy atom. The van der Waals surface area contributed by atoms with Crippen molar-refractivity contribution in [1.29, 1.82) is 0 Å². The zero-order valence-electron chi connectivity index (χ0n) is 13.0. The van der Waals surface area contributed by atoms with E-state index >= 15 is 0 Å². The molecule has 1 aromatic carbocycles. The van der Waals surface area contributed by atoms with Crippen LogP contribution in [0, 0.1) is 6.92 Å². The van der Waals surface area contributed by atoms with E-state index in [0.29, 0.717) is 23.8 Å². The molecule has 0 spiro atoms. The first-order chi connectivity index (χ1) is 10.5. The average molecular weight is 322 g/mol. The van der Waals surface area contributed by atoms with Gasteiger partial charge in [0, 0.05) is 30.7 Å². The Kier molecular flexibility index (Phi) is 5.57. The van der Waals surface area contributed by atoms with E-state index in [1.165, 1.54) is 0 Å². The van der Waals surface area contributed by atoms with Crippen LogP contribution in [0.15, 0.2) is 34.9 Å². The lowest BCUT2D eigenvalue weighted by Gasteiger charge is -2.23. The Bertz CT molecular complexity index is 623. The second-order valence-corrected chi connectivity index (χ2v) is 5.93. The monoisotopic (exact) mass is 321 g/mol. The topological polar surface area (TPSA) is 49.6 Å². The van der Waals surface area contributed by atoms with E-state index in [-0.39, 0.29) is 11.7 Å². The molecular weight excluding hydrogens is 302 g/mol. The Morgan fingerprint density at radius 1 is 1.23 bits per heavy atom. The van der Waals surface area contributed by atoms with Crippen molar-refractivity contribution in [3.05, 3.63) is 52.4 Å². The molecule has 0 saturated carbocycles. The minimum Gasteiger partial charge on any atom is -0.351 e. The number of likely N-dealkylation sites (N-methyl/N-ethyl adjacent to an activating group) is 1. The first-order valence-corrected chi connectivity index (χ1v) is 7.45. The summed E-state index contributed by atoms with van der Waals surface area (Å²) in [6, 6.07) is 9.15. The standard InChI is InChI=1S/C16H20ClN3O2/c1-12-10-15(22-18-12)16(21)20(9-8-19(2)3)11-13-4-6-14(17)7-5-13/h4-7,10H,8-9,11H2,1-3H3. The molecule has 0 radical (unpaired) electrons. The van der Waals surface area contributed by atoms with Gasteiger partial charge in [0.05, 0.1) is 5.69 Å². The van der Waals surface area contributed by atoms with Gasteiger partial charge in [-0.15, -0.1) is 0 Å². The predicted molar refractivity (Wildman–Crippen MR) is 86.0 cm³/mol. The first-order valence-electron chi connectivity index (χ1n) is 7.07. The lowest BCUT2D eigenvalue weighted by atomic mass is 10.2. The van der Waals surface area contributed by atoms with Crippen molar-refractivity contribution in [3.8, 4) is 0 Å². The fraction of sp³-hybridized carbons (Fsp3) is 0.375. The van der Waals surface area contributed by atoms with Crippen molar-refractivity contribution in [3.63, 3.8) is 0 Å². The van der Waals surface area contributed by atoms with Gasteiger partial charge in [0.2, 0.25) is 5.76 Å². The van der Waals surface area contributed by atoms with Gasteiger partial charge >= 0.3 is 0 Å². The molecule has 6 heteroatoms. The van der Waals surface area contributed by atoms with Crippen LogP contribution >= 0.6 is 11.6 Å². The highest BCUT2D eigenvalue weighted by atomic mass is 35.5. The van der Waals surface area contributed by atoms with E-state index in [2.05, 4.69) is 5.16 Å². The lowest BCUT2D eigenvalue weighted by molar-refractivity contribution is 0.0690. The third-order valence-corrected chi connectivity index (χ3v) is 3.48. The van der Waals surface area contributed by atoms with Gasteiger partial charge in [0.1, 0.15) is 0 Å². The Balaban J connectivity index is 2.14. The summed E-state index contributed by atoms with van der Waals surface area (Å²) in [5.74, 6) is 0.114. The van der Waals surface area contributed by atoms with E-state index in [1.807, 2.05) is 43.3 Å². The van der Waals surface area contributed by atoms with Crippen LogP contribution in [0.3, 0.4) is 0 Å². The molecule has 0 atom stereocenters. The van der Waals surface area contributed by atoms with Gasteiger partial charge in [-0.05, 0) is 38.7 Å². The summed E-state index contributed by atoms with van der Waals surface area (Å²) in [4.78, 5) is 16.4. The molecule has 22 heavy (non-hydrogen) atoms. The molecule has 0 aliphatic heterocycles. The fourth-order valence-corrected chi connectivity index (χ4v) is 2.13. The molecule has 0 saturated heterocycles. The summed E-state index contributed by atoms with van der Waals surface area (Å²) in [5, 5.41) is 4.46. The van der Waals surface area contributed by atoms with Gasteiger partial charge in [-0.2, -0.15) is 0 Å². The maximum atomic E-state index is 12.6. The third-order valence-electron chi connectivity index (χ3n) is 3.23. The van der Waals surface area contributed by atoms with Gasteiger partial charge in [-0.25, -0.2) is 0 Å². The third kappa shape index (κ3) is 4.58. The fourth-order valence-electron chi connectivity index (χ4n) is 2.00. The van der Waals surface area contributed by atoms with Crippen molar-refractivity contribution >= 4 is 17.5 Å². The van der Waals surface area contributed by atoms with E-state index in [4.69, 9.17) is 16.1 Å². The molecule has 0 aliphatic rings. The number of halogens is 1. The van der Waals surface area contributed by atoms with Crippen LogP contribution in [0.4, 0.5) is 0 Å². The number of carbonyl (C=O) groups excluding carboxylic acids is 1. The molecule has 5 nitrogen and oxygen atoms in total. The van der Waals surface area contributed by atoms with Crippen LogP contribution in [-0.4, -0.2) is 48.0 Å². The smallest absolute Gasteiger partial charge is 0.292 e. The van der Waals surface area contributed by atoms with Gasteiger partial charge in [-0.3, -0.25) is 4.79 Å². The van der Waals surface area contributed by atoms with Crippen molar-refractivity contribution in [2.45, 2.75) is 13.5 Å². The molecular formula is C16H20ClN3O2. The normalized spacial score (nSPS) is 11.0. The number of rotatable bonds is 6.